The lowest BCUT2D eigenvalue weighted by Crippen LogP contribution is -2.07. The van der Waals surface area contributed by atoms with Crippen molar-refractivity contribution in [2.75, 3.05) is 0 Å². The van der Waals surface area contributed by atoms with E-state index in [9.17, 15) is 8.42 Å². The van der Waals surface area contributed by atoms with Crippen LogP contribution in [0.15, 0.2) is 35.5 Å². The van der Waals surface area contributed by atoms with Crippen LogP contribution in [0.1, 0.15) is 5.56 Å². The van der Waals surface area contributed by atoms with Crippen molar-refractivity contribution in [3.8, 4) is 0 Å². The van der Waals surface area contributed by atoms with Crippen LogP contribution in [0.5, 0.6) is 0 Å². The van der Waals surface area contributed by atoms with Gasteiger partial charge >= 0.3 is 0 Å². The standard InChI is InChI=1S/C8H8N4O2S/c13-15(14,8-9-11-12-10-8)6-7-4-2-1-3-5-7/h1-5H,6H2,(H,9,10,11,12). The monoisotopic (exact) mass is 224 g/mol. The van der Waals surface area contributed by atoms with Crippen molar-refractivity contribution in [2.24, 2.45) is 0 Å². The molecule has 0 spiro atoms. The quantitative estimate of drug-likeness (QED) is 0.803. The van der Waals surface area contributed by atoms with Crippen LogP contribution in [0.4, 0.5) is 0 Å². The molecule has 0 aliphatic carbocycles. The molecule has 1 aromatic heterocycles. The van der Waals surface area contributed by atoms with Crippen molar-refractivity contribution >= 4 is 9.84 Å². The van der Waals surface area contributed by atoms with Gasteiger partial charge in [-0.25, -0.2) is 8.42 Å². The highest BCUT2D eigenvalue weighted by Crippen LogP contribution is 2.10. The average Bonchev–Trinajstić information content (AvgIpc) is 2.71. The molecule has 0 aliphatic rings. The van der Waals surface area contributed by atoms with Crippen molar-refractivity contribution in [2.45, 2.75) is 10.9 Å². The topological polar surface area (TPSA) is 88.6 Å². The van der Waals surface area contributed by atoms with Crippen molar-refractivity contribution in [1.82, 2.24) is 20.6 Å². The zero-order chi connectivity index (χ0) is 10.7. The second kappa shape index (κ2) is 3.77. The Bertz CT molecular complexity index is 521. The van der Waals surface area contributed by atoms with Crippen LogP contribution in [-0.4, -0.2) is 29.0 Å². The molecule has 15 heavy (non-hydrogen) atoms. The minimum absolute atomic E-state index is 0.118. The number of tetrazole rings is 1. The molecule has 0 aliphatic heterocycles. The third kappa shape index (κ3) is 2.18. The van der Waals surface area contributed by atoms with E-state index in [4.69, 9.17) is 0 Å². The van der Waals surface area contributed by atoms with Gasteiger partial charge < -0.3 is 0 Å². The molecule has 2 aromatic rings. The van der Waals surface area contributed by atoms with Gasteiger partial charge in [0.05, 0.1) is 5.75 Å². The number of H-pyrrole nitrogens is 1. The first-order valence-electron chi connectivity index (χ1n) is 4.18. The number of rotatable bonds is 3. The number of sulfone groups is 1. The summed E-state index contributed by atoms with van der Waals surface area (Å²) in [6, 6.07) is 8.85. The van der Waals surface area contributed by atoms with E-state index in [0.717, 1.165) is 0 Å². The van der Waals surface area contributed by atoms with Gasteiger partial charge in [0, 0.05) is 0 Å². The molecule has 0 fully saturated rings. The summed E-state index contributed by atoms with van der Waals surface area (Å²) in [6.45, 7) is 0. The number of aromatic nitrogens is 4. The zero-order valence-corrected chi connectivity index (χ0v) is 8.48. The van der Waals surface area contributed by atoms with Crippen LogP contribution in [-0.2, 0) is 15.6 Å². The van der Waals surface area contributed by atoms with Crippen molar-refractivity contribution < 1.29 is 8.42 Å². The molecule has 0 saturated carbocycles. The molecule has 1 heterocycles. The molecule has 2 rings (SSSR count). The van der Waals surface area contributed by atoms with E-state index in [1.807, 2.05) is 6.07 Å². The molecule has 0 bridgehead atoms. The maximum atomic E-state index is 11.7. The van der Waals surface area contributed by atoms with E-state index in [1.165, 1.54) is 0 Å². The van der Waals surface area contributed by atoms with Gasteiger partial charge in [-0.1, -0.05) is 35.4 Å². The minimum Gasteiger partial charge on any atom is -0.220 e. The Labute approximate surface area is 86.3 Å². The van der Waals surface area contributed by atoms with Crippen molar-refractivity contribution in [3.63, 3.8) is 0 Å². The maximum Gasteiger partial charge on any atom is 0.288 e. The lowest BCUT2D eigenvalue weighted by Gasteiger charge is -1.98. The molecule has 1 aromatic carbocycles. The van der Waals surface area contributed by atoms with E-state index in [-0.39, 0.29) is 10.9 Å². The van der Waals surface area contributed by atoms with Crippen molar-refractivity contribution in [3.05, 3.63) is 35.9 Å². The molecular weight excluding hydrogens is 216 g/mol. The van der Waals surface area contributed by atoms with Gasteiger partial charge in [-0.05, 0) is 10.8 Å². The second-order valence-electron chi connectivity index (χ2n) is 2.94. The zero-order valence-electron chi connectivity index (χ0n) is 7.66. The van der Waals surface area contributed by atoms with Crippen LogP contribution < -0.4 is 0 Å². The van der Waals surface area contributed by atoms with E-state index >= 15 is 0 Å². The fourth-order valence-corrected chi connectivity index (χ4v) is 2.25. The summed E-state index contributed by atoms with van der Waals surface area (Å²) in [4.78, 5) is 0. The fraction of sp³-hybridized carbons (Fsp3) is 0.125. The maximum absolute atomic E-state index is 11.7. The highest BCUT2D eigenvalue weighted by atomic mass is 32.2. The number of aromatic amines is 1. The first-order valence-corrected chi connectivity index (χ1v) is 5.84. The fourth-order valence-electron chi connectivity index (χ4n) is 1.14. The van der Waals surface area contributed by atoms with E-state index in [1.54, 1.807) is 24.3 Å². The molecule has 7 heteroatoms. The number of nitrogens with zero attached hydrogens (tertiary/aromatic N) is 3. The van der Waals surface area contributed by atoms with Crippen molar-refractivity contribution in [1.29, 1.82) is 0 Å². The minimum atomic E-state index is -3.49. The third-order valence-corrected chi connectivity index (χ3v) is 3.25. The summed E-state index contributed by atoms with van der Waals surface area (Å²) in [6.07, 6.45) is 0. The summed E-state index contributed by atoms with van der Waals surface area (Å²) in [5.74, 6) is -0.118. The second-order valence-corrected chi connectivity index (χ2v) is 4.82. The number of hydrogen-bond acceptors (Lipinski definition) is 5. The number of benzene rings is 1. The lowest BCUT2D eigenvalue weighted by atomic mass is 10.2. The Morgan fingerprint density at radius 3 is 2.53 bits per heavy atom. The average molecular weight is 224 g/mol. The van der Waals surface area contributed by atoms with Crippen LogP contribution in [0.3, 0.4) is 0 Å². The Hall–Kier alpha value is -1.76. The van der Waals surface area contributed by atoms with Crippen LogP contribution in [0.25, 0.3) is 0 Å². The summed E-state index contributed by atoms with van der Waals surface area (Å²) in [5, 5.41) is 12.0. The Morgan fingerprint density at radius 1 is 1.20 bits per heavy atom. The SMILES string of the molecule is O=S(=O)(Cc1ccccc1)c1nn[nH]n1. The van der Waals surface area contributed by atoms with Gasteiger partial charge in [0.15, 0.2) is 0 Å². The first kappa shape index (κ1) is 9.78. The molecule has 0 radical (unpaired) electrons. The molecule has 78 valence electrons. The Kier molecular flexibility index (Phi) is 2.46. The van der Waals surface area contributed by atoms with Crippen LogP contribution in [0.2, 0.25) is 0 Å². The van der Waals surface area contributed by atoms with Gasteiger partial charge in [-0.3, -0.25) is 0 Å². The highest BCUT2D eigenvalue weighted by molar-refractivity contribution is 7.90. The van der Waals surface area contributed by atoms with Crippen LogP contribution >= 0.6 is 0 Å². The van der Waals surface area contributed by atoms with Gasteiger partial charge in [0.2, 0.25) is 9.84 Å². The molecule has 1 N–H and O–H groups in total. The Morgan fingerprint density at radius 2 is 1.93 bits per heavy atom. The van der Waals surface area contributed by atoms with E-state index < -0.39 is 9.84 Å². The summed E-state index contributed by atoms with van der Waals surface area (Å²) >= 11 is 0. The van der Waals surface area contributed by atoms with Crippen LogP contribution in [0, 0.1) is 0 Å². The molecular formula is C8H8N4O2S. The largest absolute Gasteiger partial charge is 0.288 e. The molecule has 6 nitrogen and oxygen atoms in total. The van der Waals surface area contributed by atoms with E-state index in [0.29, 0.717) is 5.56 Å². The van der Waals surface area contributed by atoms with Gasteiger partial charge in [-0.15, -0.1) is 5.10 Å². The molecule has 0 saturated heterocycles. The predicted octanol–water partition coefficient (Wildman–Crippen LogP) is 0.174. The van der Waals surface area contributed by atoms with Gasteiger partial charge in [0.1, 0.15) is 0 Å². The third-order valence-electron chi connectivity index (χ3n) is 1.80. The predicted molar refractivity (Wildman–Crippen MR) is 51.5 cm³/mol. The van der Waals surface area contributed by atoms with Gasteiger partial charge in [0.25, 0.3) is 5.16 Å². The number of nitrogens with one attached hydrogen (secondary N) is 1. The van der Waals surface area contributed by atoms with Gasteiger partial charge in [-0.2, -0.15) is 5.21 Å². The molecule has 0 amide bonds. The van der Waals surface area contributed by atoms with E-state index in [2.05, 4.69) is 20.6 Å². The Balaban J connectivity index is 2.27. The smallest absolute Gasteiger partial charge is 0.220 e. The lowest BCUT2D eigenvalue weighted by molar-refractivity contribution is 0.586. The normalized spacial score (nSPS) is 11.5. The summed E-state index contributed by atoms with van der Waals surface area (Å²) in [5.41, 5.74) is 0.697. The number of hydrogen-bond donors (Lipinski definition) is 1. The molecule has 0 unspecified atom stereocenters. The summed E-state index contributed by atoms with van der Waals surface area (Å²) in [7, 11) is -3.49. The molecule has 0 atom stereocenters. The highest BCUT2D eigenvalue weighted by Gasteiger charge is 2.19. The first-order chi connectivity index (χ1) is 7.18. The summed E-state index contributed by atoms with van der Waals surface area (Å²) < 4.78 is 23.4.